The van der Waals surface area contributed by atoms with Gasteiger partial charge in [-0.05, 0) is 41.7 Å². The van der Waals surface area contributed by atoms with E-state index in [0.717, 1.165) is 11.3 Å². The highest BCUT2D eigenvalue weighted by Crippen LogP contribution is 2.20. The number of anilines is 1. The molecular formula is C20H26N2O2. The lowest BCUT2D eigenvalue weighted by molar-refractivity contribution is 0.0944. The molecular weight excluding hydrogens is 300 g/mol. The fourth-order valence-electron chi connectivity index (χ4n) is 2.56. The van der Waals surface area contributed by atoms with Gasteiger partial charge >= 0.3 is 0 Å². The molecule has 2 rings (SSSR count). The van der Waals surface area contributed by atoms with Crippen LogP contribution in [-0.2, 0) is 6.54 Å². The van der Waals surface area contributed by atoms with Crippen molar-refractivity contribution in [3.63, 3.8) is 0 Å². The zero-order valence-corrected chi connectivity index (χ0v) is 14.6. The lowest BCUT2D eigenvalue weighted by Gasteiger charge is -2.14. The van der Waals surface area contributed by atoms with Crippen molar-refractivity contribution >= 4 is 11.6 Å². The fourth-order valence-corrected chi connectivity index (χ4v) is 2.56. The van der Waals surface area contributed by atoms with E-state index in [4.69, 9.17) is 5.11 Å². The van der Waals surface area contributed by atoms with Crippen LogP contribution in [0.5, 0.6) is 0 Å². The molecule has 0 aromatic heterocycles. The van der Waals surface area contributed by atoms with E-state index in [1.54, 1.807) is 6.07 Å². The SMILES string of the molecule is Cc1c(NCc2ccc(C(C)C)cc2)cccc1C(=O)NCCO. The number of carbonyl (C=O) groups excluding carboxylic acids is 1. The predicted octanol–water partition coefficient (Wildman–Crippen LogP) is 3.45. The van der Waals surface area contributed by atoms with Crippen molar-refractivity contribution in [1.82, 2.24) is 5.32 Å². The third-order valence-corrected chi connectivity index (χ3v) is 4.11. The van der Waals surface area contributed by atoms with Crippen LogP contribution in [-0.4, -0.2) is 24.2 Å². The van der Waals surface area contributed by atoms with Gasteiger partial charge in [0.25, 0.3) is 5.91 Å². The molecule has 0 saturated carbocycles. The van der Waals surface area contributed by atoms with Gasteiger partial charge in [0.15, 0.2) is 0 Å². The number of amides is 1. The maximum Gasteiger partial charge on any atom is 0.251 e. The molecule has 2 aromatic carbocycles. The quantitative estimate of drug-likeness (QED) is 0.730. The van der Waals surface area contributed by atoms with Crippen LogP contribution in [0.25, 0.3) is 0 Å². The molecule has 0 radical (unpaired) electrons. The molecule has 0 bridgehead atoms. The third-order valence-electron chi connectivity index (χ3n) is 4.11. The minimum Gasteiger partial charge on any atom is -0.395 e. The number of hydrogen-bond acceptors (Lipinski definition) is 3. The van der Waals surface area contributed by atoms with Crippen LogP contribution in [0.1, 0.15) is 46.8 Å². The van der Waals surface area contributed by atoms with E-state index >= 15 is 0 Å². The topological polar surface area (TPSA) is 61.4 Å². The molecule has 0 aliphatic rings. The second-order valence-electron chi connectivity index (χ2n) is 6.21. The highest BCUT2D eigenvalue weighted by atomic mass is 16.3. The van der Waals surface area contributed by atoms with Gasteiger partial charge in [-0.25, -0.2) is 0 Å². The van der Waals surface area contributed by atoms with Crippen molar-refractivity contribution in [2.75, 3.05) is 18.5 Å². The number of aliphatic hydroxyl groups excluding tert-OH is 1. The summed E-state index contributed by atoms with van der Waals surface area (Å²) in [7, 11) is 0. The summed E-state index contributed by atoms with van der Waals surface area (Å²) in [5.74, 6) is 0.370. The summed E-state index contributed by atoms with van der Waals surface area (Å²) in [6.07, 6.45) is 0. The molecule has 0 heterocycles. The molecule has 3 N–H and O–H groups in total. The zero-order valence-electron chi connectivity index (χ0n) is 14.6. The lowest BCUT2D eigenvalue weighted by Crippen LogP contribution is -2.27. The Balaban J connectivity index is 2.06. The Bertz CT molecular complexity index is 679. The second-order valence-corrected chi connectivity index (χ2v) is 6.21. The molecule has 4 heteroatoms. The first-order chi connectivity index (χ1) is 11.5. The molecule has 0 saturated heterocycles. The molecule has 0 atom stereocenters. The van der Waals surface area contributed by atoms with Crippen LogP contribution >= 0.6 is 0 Å². The van der Waals surface area contributed by atoms with E-state index in [9.17, 15) is 4.79 Å². The number of aliphatic hydroxyl groups is 1. The van der Waals surface area contributed by atoms with Gasteiger partial charge in [0.2, 0.25) is 0 Å². The van der Waals surface area contributed by atoms with Gasteiger partial charge in [-0.15, -0.1) is 0 Å². The van der Waals surface area contributed by atoms with Crippen LogP contribution < -0.4 is 10.6 Å². The van der Waals surface area contributed by atoms with Gasteiger partial charge in [0.05, 0.1) is 6.61 Å². The monoisotopic (exact) mass is 326 g/mol. The molecule has 2 aromatic rings. The predicted molar refractivity (Wildman–Crippen MR) is 98.5 cm³/mol. The summed E-state index contributed by atoms with van der Waals surface area (Å²) in [5.41, 5.74) is 5.02. The normalized spacial score (nSPS) is 10.7. The highest BCUT2D eigenvalue weighted by Gasteiger charge is 2.11. The maximum atomic E-state index is 12.1. The Labute approximate surface area is 143 Å². The van der Waals surface area contributed by atoms with E-state index in [0.29, 0.717) is 18.0 Å². The van der Waals surface area contributed by atoms with Crippen molar-refractivity contribution in [2.24, 2.45) is 0 Å². The Morgan fingerprint density at radius 3 is 2.46 bits per heavy atom. The van der Waals surface area contributed by atoms with Crippen LogP contribution in [0.2, 0.25) is 0 Å². The van der Waals surface area contributed by atoms with E-state index in [2.05, 4.69) is 48.7 Å². The molecule has 0 spiro atoms. The van der Waals surface area contributed by atoms with Crippen molar-refractivity contribution in [1.29, 1.82) is 0 Å². The summed E-state index contributed by atoms with van der Waals surface area (Å²) < 4.78 is 0. The molecule has 128 valence electrons. The summed E-state index contributed by atoms with van der Waals surface area (Å²) >= 11 is 0. The van der Waals surface area contributed by atoms with Crippen molar-refractivity contribution in [2.45, 2.75) is 33.2 Å². The summed E-state index contributed by atoms with van der Waals surface area (Å²) in [6, 6.07) is 14.2. The molecule has 0 fully saturated rings. The second kappa shape index (κ2) is 8.50. The zero-order chi connectivity index (χ0) is 17.5. The molecule has 24 heavy (non-hydrogen) atoms. The van der Waals surface area contributed by atoms with Gasteiger partial charge in [-0.3, -0.25) is 4.79 Å². The molecule has 1 amide bonds. The van der Waals surface area contributed by atoms with Crippen molar-refractivity contribution in [3.05, 3.63) is 64.7 Å². The Morgan fingerprint density at radius 1 is 1.12 bits per heavy atom. The lowest BCUT2D eigenvalue weighted by atomic mass is 10.0. The number of carbonyl (C=O) groups is 1. The average molecular weight is 326 g/mol. The van der Waals surface area contributed by atoms with Gasteiger partial charge in [-0.2, -0.15) is 0 Å². The van der Waals surface area contributed by atoms with Crippen LogP contribution in [0, 0.1) is 6.92 Å². The first kappa shape index (κ1) is 18.0. The highest BCUT2D eigenvalue weighted by molar-refractivity contribution is 5.97. The Morgan fingerprint density at radius 2 is 1.83 bits per heavy atom. The molecule has 0 aliphatic heterocycles. The van der Waals surface area contributed by atoms with Gasteiger partial charge in [0.1, 0.15) is 0 Å². The van der Waals surface area contributed by atoms with E-state index in [1.165, 1.54) is 11.1 Å². The smallest absolute Gasteiger partial charge is 0.251 e. The minimum atomic E-state index is -0.161. The number of hydrogen-bond donors (Lipinski definition) is 3. The van der Waals surface area contributed by atoms with E-state index in [1.807, 2.05) is 19.1 Å². The Kier molecular flexibility index (Phi) is 6.38. The van der Waals surface area contributed by atoms with Crippen molar-refractivity contribution in [3.8, 4) is 0 Å². The Hall–Kier alpha value is -2.33. The fraction of sp³-hybridized carbons (Fsp3) is 0.350. The molecule has 4 nitrogen and oxygen atoms in total. The van der Waals surface area contributed by atoms with Gasteiger partial charge in [0, 0.05) is 24.3 Å². The minimum absolute atomic E-state index is 0.0604. The van der Waals surface area contributed by atoms with E-state index < -0.39 is 0 Å². The van der Waals surface area contributed by atoms with Gasteiger partial charge < -0.3 is 15.7 Å². The first-order valence-corrected chi connectivity index (χ1v) is 8.34. The summed E-state index contributed by atoms with van der Waals surface area (Å²) in [6.45, 7) is 7.21. The van der Waals surface area contributed by atoms with Gasteiger partial charge in [-0.1, -0.05) is 44.2 Å². The number of rotatable bonds is 7. The third kappa shape index (κ3) is 4.59. The standard InChI is InChI=1S/C20H26N2O2/c1-14(2)17-9-7-16(8-10-17)13-22-19-6-4-5-18(15(19)3)20(24)21-11-12-23/h4-10,14,22-23H,11-13H2,1-3H3,(H,21,24). The van der Waals surface area contributed by atoms with Crippen LogP contribution in [0.15, 0.2) is 42.5 Å². The number of nitrogens with one attached hydrogen (secondary N) is 2. The van der Waals surface area contributed by atoms with E-state index in [-0.39, 0.29) is 19.1 Å². The van der Waals surface area contributed by atoms with Crippen molar-refractivity contribution < 1.29 is 9.90 Å². The maximum absolute atomic E-state index is 12.1. The summed E-state index contributed by atoms with van der Waals surface area (Å²) in [5, 5.41) is 14.9. The van der Waals surface area contributed by atoms with Crippen LogP contribution in [0.3, 0.4) is 0 Å². The molecule has 0 unspecified atom stereocenters. The summed E-state index contributed by atoms with van der Waals surface area (Å²) in [4.78, 5) is 12.1. The average Bonchev–Trinajstić information content (AvgIpc) is 2.59. The number of benzene rings is 2. The largest absolute Gasteiger partial charge is 0.395 e. The molecule has 0 aliphatic carbocycles. The first-order valence-electron chi connectivity index (χ1n) is 8.34. The van der Waals surface area contributed by atoms with Crippen LogP contribution in [0.4, 0.5) is 5.69 Å².